The zero-order valence-corrected chi connectivity index (χ0v) is 76.3. The van der Waals surface area contributed by atoms with E-state index in [-0.39, 0.29) is 0 Å². The Balaban J connectivity index is 0.000000105. The molecule has 0 saturated heterocycles. The predicted molar refractivity (Wildman–Crippen MR) is 558 cm³/mol. The highest BCUT2D eigenvalue weighted by Crippen LogP contribution is 2.49. The van der Waals surface area contributed by atoms with Gasteiger partial charge in [-0.15, -0.1) is 0 Å². The molecule has 4 aromatic heterocycles. The van der Waals surface area contributed by atoms with E-state index in [4.69, 9.17) is 19.4 Å². The van der Waals surface area contributed by atoms with Crippen molar-refractivity contribution in [3.8, 4) is 55.6 Å². The fraction of sp³-hybridized carbons (Fsp3) is 0.0684. The number of furan rings is 1. The van der Waals surface area contributed by atoms with Crippen molar-refractivity contribution in [3.63, 3.8) is 0 Å². The van der Waals surface area contributed by atoms with Gasteiger partial charge in [0.2, 0.25) is 0 Å². The molecule has 4 heterocycles. The lowest BCUT2D eigenvalue weighted by molar-refractivity contribution is 0.587. The maximum Gasteiger partial charge on any atom is 0.143 e. The molecule has 0 unspecified atom stereocenters. The van der Waals surface area contributed by atoms with Crippen LogP contribution in [0.1, 0.15) is 0 Å². The van der Waals surface area contributed by atoms with Gasteiger partial charge >= 0.3 is 0 Å². The van der Waals surface area contributed by atoms with Crippen molar-refractivity contribution in [3.05, 3.63) is 394 Å². The van der Waals surface area contributed by atoms with E-state index in [0.29, 0.717) is 0 Å². The second-order valence-electron chi connectivity index (χ2n) is 35.2. The Morgan fingerprint density at radius 3 is 0.938 bits per heavy atom. The Morgan fingerprint density at radius 1 is 0.202 bits per heavy atom. The second-order valence-corrected chi connectivity index (χ2v) is 48.1. The zero-order valence-electron chi connectivity index (χ0n) is 72.7. The van der Waals surface area contributed by atoms with Gasteiger partial charge in [0.1, 0.15) is 39.7 Å². The zero-order chi connectivity index (χ0) is 88.2. The number of nitrogens with zero attached hydrogens (tertiary/aromatic N) is 3. The van der Waals surface area contributed by atoms with Gasteiger partial charge in [0.15, 0.2) is 0 Å². The molecule has 0 aliphatic rings. The highest BCUT2D eigenvalue weighted by Gasteiger charge is 2.25. The van der Waals surface area contributed by atoms with Gasteiger partial charge in [0, 0.05) is 113 Å². The first-order chi connectivity index (χ1) is 62.5. The monoisotopic (exact) mass is 1740 g/mol. The molecule has 0 amide bonds. The molecule has 0 aliphatic carbocycles. The van der Waals surface area contributed by atoms with Crippen molar-refractivity contribution >= 4 is 213 Å². The molecule has 0 spiro atoms. The number of hydrogen-bond acceptors (Lipinski definition) is 8. The highest BCUT2D eigenvalue weighted by molar-refractivity contribution is 7.71. The summed E-state index contributed by atoms with van der Waals surface area (Å²) in [6, 6.07) is 137. The van der Waals surface area contributed by atoms with Crippen molar-refractivity contribution in [2.45, 2.75) is 0 Å². The lowest BCUT2D eigenvalue weighted by Gasteiger charge is -2.16. The summed E-state index contributed by atoms with van der Waals surface area (Å²) in [4.78, 5) is 15.5. The number of hydrogen-bond donors (Lipinski definition) is 0. The van der Waals surface area contributed by atoms with Crippen LogP contribution in [0.25, 0.3) is 218 Å². The van der Waals surface area contributed by atoms with E-state index in [0.717, 1.165) is 180 Å². The maximum absolute atomic E-state index is 12.8. The molecule has 0 atom stereocenters. The molecule has 0 fully saturated rings. The Labute approximate surface area is 748 Å². The predicted octanol–water partition coefficient (Wildman–Crippen LogP) is 31.1. The number of benzene rings is 20. The van der Waals surface area contributed by atoms with Gasteiger partial charge in [-0.2, -0.15) is 0 Å². The maximum atomic E-state index is 12.8. The molecule has 0 radical (unpaired) electrons. The van der Waals surface area contributed by atoms with Crippen LogP contribution in [0.2, 0.25) is 0 Å². The van der Waals surface area contributed by atoms with Crippen molar-refractivity contribution in [2.24, 2.45) is 0 Å². The summed E-state index contributed by atoms with van der Waals surface area (Å²) >= 11 is 0. The number of para-hydroxylation sites is 1. The molecule has 24 rings (SSSR count). The van der Waals surface area contributed by atoms with Crippen molar-refractivity contribution in [2.75, 3.05) is 53.3 Å². The van der Waals surface area contributed by atoms with Crippen LogP contribution in [-0.4, -0.2) is 68.3 Å². The van der Waals surface area contributed by atoms with Crippen molar-refractivity contribution in [1.82, 2.24) is 15.0 Å². The number of pyridine rings is 3. The fourth-order valence-electron chi connectivity index (χ4n) is 18.8. The third-order valence-corrected chi connectivity index (χ3v) is 31.4. The van der Waals surface area contributed by atoms with E-state index in [1.165, 1.54) is 59.6 Å². The van der Waals surface area contributed by atoms with Crippen molar-refractivity contribution < 1.29 is 22.7 Å². The molecule has 0 N–H and O–H groups in total. The summed E-state index contributed by atoms with van der Waals surface area (Å²) in [5.41, 5.74) is 18.9. The topological polar surface area (TPSA) is 120 Å². The van der Waals surface area contributed by atoms with Gasteiger partial charge in [0.25, 0.3) is 0 Å². The number of rotatable bonds is 9. The third kappa shape index (κ3) is 15.3. The Kier molecular flexibility index (Phi) is 20.8. The summed E-state index contributed by atoms with van der Waals surface area (Å²) in [6.45, 7) is 14.6. The lowest BCUT2D eigenvalue weighted by Crippen LogP contribution is -2.02. The van der Waals surface area contributed by atoms with Crippen LogP contribution in [0.5, 0.6) is 0 Å². The summed E-state index contributed by atoms with van der Waals surface area (Å²) in [6.07, 6.45) is 0. The van der Waals surface area contributed by atoms with Crippen molar-refractivity contribution in [1.29, 1.82) is 0 Å². The van der Waals surface area contributed by atoms with Crippen LogP contribution < -0.4 is 21.2 Å². The Bertz CT molecular complexity index is 8780. The van der Waals surface area contributed by atoms with E-state index in [1.54, 1.807) is 0 Å². The first-order valence-corrected chi connectivity index (χ1v) is 53.9. The first kappa shape index (κ1) is 82.0. The first-order valence-electron chi connectivity index (χ1n) is 43.5. The minimum atomic E-state index is -2.37. The smallest absolute Gasteiger partial charge is 0.143 e. The van der Waals surface area contributed by atoms with Crippen LogP contribution in [-0.2, 0) is 18.3 Å². The average molecular weight is 1740 g/mol. The molecule has 0 bridgehead atoms. The molecule has 12 heteroatoms. The van der Waals surface area contributed by atoms with Crippen LogP contribution >= 0.6 is 28.6 Å². The van der Waals surface area contributed by atoms with Gasteiger partial charge < -0.3 is 22.7 Å². The van der Waals surface area contributed by atoms with Gasteiger partial charge in [0.05, 0.1) is 33.1 Å². The molecule has 0 saturated carbocycles. The van der Waals surface area contributed by atoms with Crippen LogP contribution in [0.3, 0.4) is 0 Å². The summed E-state index contributed by atoms with van der Waals surface area (Å²) in [5.74, 6) is 0. The molecular formula is C117H89N3O5P4. The number of aromatic nitrogens is 3. The van der Waals surface area contributed by atoms with Crippen LogP contribution in [0.4, 0.5) is 0 Å². The van der Waals surface area contributed by atoms with E-state index < -0.39 is 28.6 Å². The summed E-state index contributed by atoms with van der Waals surface area (Å²) < 4.78 is 57.3. The SMILES string of the molecule is CP(C)(=O)c1ccc(-c2c3ccc4ccccc4c3nc3c2ccc2ccccc23)cc1.CP(C)(=O)c1cccc(-c2c3ccccc3nc3c2ccc2ccccc23)c1.CP(C)(=O)c1cccc(-c2cc3ccccc3c3c2oc2ccc4ccccc4c23)c1.CP(C)(=O)c1cccc(-c2cccc(-c3c4ccc5ccccc5c4nc4c3ccc3ccccc34)c2)c1. The van der Waals surface area contributed by atoms with E-state index in [1.807, 2.05) is 108 Å². The summed E-state index contributed by atoms with van der Waals surface area (Å²) in [5, 5.41) is 29.1. The molecule has 622 valence electrons. The quantitative estimate of drug-likeness (QED) is 0.0796. The molecule has 0 aliphatic heterocycles. The molecule has 20 aromatic carbocycles. The Hall–Kier alpha value is -14.1. The van der Waals surface area contributed by atoms with Gasteiger partial charge in [-0.3, -0.25) is 0 Å². The molecular weight excluding hydrogens is 1650 g/mol. The average Bonchev–Trinajstić information content (AvgIpc) is 1.60. The number of fused-ring (bicyclic) bond motifs is 23. The fourth-order valence-corrected chi connectivity index (χ4v) is 22.4. The second kappa shape index (κ2) is 32.7. The van der Waals surface area contributed by atoms with Gasteiger partial charge in [-0.1, -0.05) is 352 Å². The molecule has 24 aromatic rings. The molecule has 8 nitrogen and oxygen atoms in total. The third-order valence-electron chi connectivity index (χ3n) is 25.3. The minimum Gasteiger partial charge on any atom is -0.455 e. The highest BCUT2D eigenvalue weighted by atomic mass is 31.2. The lowest BCUT2D eigenvalue weighted by atomic mass is 9.91. The standard InChI is InChI=1S/C35H26NOP.C29H22NOP.C28H21O2P.C25H20NOP/c1-38(2,37)28-14-8-12-26(22-28)25-11-7-13-27(21-25)33-31-19-17-23-9-3-5-15-29(23)34(31)36-35-30-16-6-4-10-24(30)18-20-32(33)35;1-32(2,31)22-15-11-21(12-16-22)27-25-17-13-19-7-3-5-9-23(19)28(25)30-29-24-10-6-4-8-20(24)14-18-26(27)29;1-31(2,29)21-11-7-10-19(16-21)24-17-20-9-4-6-13-23(20)27-26-22-12-5-3-8-18(22)14-15-25(26)30-28(24)27;1-28(2,27)19-10-7-9-18(16-19)24-21-12-5-6-13-23(21)26-25-20-11-4-3-8-17(20)14-15-22(24)25/h3-22H,1-2H3;3-18H,1-2H3;3-17H,1-2H3;3-16H,1-2H3. The van der Waals surface area contributed by atoms with Crippen LogP contribution in [0.15, 0.2) is 399 Å². The van der Waals surface area contributed by atoms with E-state index in [9.17, 15) is 18.3 Å². The van der Waals surface area contributed by atoms with Gasteiger partial charge in [-0.05, 0) is 178 Å². The normalized spacial score (nSPS) is 12.2. The largest absolute Gasteiger partial charge is 0.455 e. The summed E-state index contributed by atoms with van der Waals surface area (Å²) in [7, 11) is -9.37. The Morgan fingerprint density at radius 2 is 0.504 bits per heavy atom. The van der Waals surface area contributed by atoms with E-state index >= 15 is 0 Å². The van der Waals surface area contributed by atoms with Crippen LogP contribution in [0, 0.1) is 0 Å². The molecule has 129 heavy (non-hydrogen) atoms. The minimum absolute atomic E-state index is 0.879. The van der Waals surface area contributed by atoms with Gasteiger partial charge in [-0.25, -0.2) is 15.0 Å². The van der Waals surface area contributed by atoms with E-state index in [2.05, 4.69) is 340 Å².